The van der Waals surface area contributed by atoms with Crippen molar-refractivity contribution in [1.29, 1.82) is 0 Å². The van der Waals surface area contributed by atoms with Crippen molar-refractivity contribution in [1.82, 2.24) is 10.2 Å². The fourth-order valence-electron chi connectivity index (χ4n) is 2.22. The van der Waals surface area contributed by atoms with E-state index >= 15 is 0 Å². The maximum Gasteiger partial charge on any atom is 0.329 e. The van der Waals surface area contributed by atoms with Crippen LogP contribution in [0.1, 0.15) is 47.0 Å². The Labute approximate surface area is 109 Å². The number of hydrogen-bond donors (Lipinski definition) is 2. The van der Waals surface area contributed by atoms with Gasteiger partial charge < -0.3 is 15.3 Å². The number of nitrogens with zero attached hydrogens (tertiary/aromatic N) is 1. The third-order valence-corrected chi connectivity index (χ3v) is 4.20. The molecule has 5 nitrogen and oxygen atoms in total. The number of hydrogen-bond acceptors (Lipinski definition) is 2. The molecule has 2 amide bonds. The minimum Gasteiger partial charge on any atom is -0.480 e. The van der Waals surface area contributed by atoms with Gasteiger partial charge in [0.1, 0.15) is 5.54 Å². The molecule has 0 radical (unpaired) electrons. The molecule has 0 spiro atoms. The van der Waals surface area contributed by atoms with Crippen molar-refractivity contribution in [2.24, 2.45) is 5.92 Å². The van der Waals surface area contributed by atoms with Crippen LogP contribution in [0.5, 0.6) is 0 Å². The Hall–Kier alpha value is -1.26. The van der Waals surface area contributed by atoms with Crippen LogP contribution in [0, 0.1) is 5.92 Å². The topological polar surface area (TPSA) is 69.6 Å². The minimum absolute atomic E-state index is 0.161. The summed E-state index contributed by atoms with van der Waals surface area (Å²) >= 11 is 0. The highest BCUT2D eigenvalue weighted by Gasteiger charge is 2.36. The van der Waals surface area contributed by atoms with E-state index < -0.39 is 11.5 Å². The van der Waals surface area contributed by atoms with Gasteiger partial charge in [-0.25, -0.2) is 9.59 Å². The summed E-state index contributed by atoms with van der Waals surface area (Å²) in [5, 5.41) is 11.8. The number of aliphatic carboxylic acids is 1. The molecule has 3 atom stereocenters. The Morgan fingerprint density at radius 1 is 1.44 bits per heavy atom. The zero-order valence-electron chi connectivity index (χ0n) is 11.7. The van der Waals surface area contributed by atoms with E-state index in [4.69, 9.17) is 5.11 Å². The molecule has 1 aliphatic heterocycles. The predicted molar refractivity (Wildman–Crippen MR) is 69.4 cm³/mol. The molecule has 3 unspecified atom stereocenters. The number of amides is 2. The van der Waals surface area contributed by atoms with Gasteiger partial charge in [0.25, 0.3) is 0 Å². The average Bonchev–Trinajstić information content (AvgIpc) is 2.32. The van der Waals surface area contributed by atoms with Crippen molar-refractivity contribution in [2.75, 3.05) is 6.54 Å². The van der Waals surface area contributed by atoms with Crippen molar-refractivity contribution in [2.45, 2.75) is 58.5 Å². The summed E-state index contributed by atoms with van der Waals surface area (Å²) in [5.41, 5.74) is -1.18. The van der Waals surface area contributed by atoms with Crippen LogP contribution in [0.25, 0.3) is 0 Å². The quantitative estimate of drug-likeness (QED) is 0.812. The van der Waals surface area contributed by atoms with Crippen LogP contribution in [-0.2, 0) is 4.79 Å². The second kappa shape index (κ2) is 5.59. The first-order valence-electron chi connectivity index (χ1n) is 6.64. The summed E-state index contributed by atoms with van der Waals surface area (Å²) in [6.45, 7) is 8.16. The van der Waals surface area contributed by atoms with Gasteiger partial charge in [0.15, 0.2) is 0 Å². The summed E-state index contributed by atoms with van der Waals surface area (Å²) in [7, 11) is 0. The molecule has 1 heterocycles. The molecule has 0 bridgehead atoms. The summed E-state index contributed by atoms with van der Waals surface area (Å²) in [6, 6.07) is -0.102. The van der Waals surface area contributed by atoms with Crippen molar-refractivity contribution >= 4 is 12.0 Å². The van der Waals surface area contributed by atoms with Gasteiger partial charge in [-0.1, -0.05) is 13.8 Å². The van der Waals surface area contributed by atoms with Crippen molar-refractivity contribution in [3.05, 3.63) is 0 Å². The third kappa shape index (κ3) is 2.94. The zero-order valence-corrected chi connectivity index (χ0v) is 11.7. The highest BCUT2D eigenvalue weighted by molar-refractivity contribution is 5.86. The van der Waals surface area contributed by atoms with E-state index in [0.29, 0.717) is 18.9 Å². The number of urea groups is 1. The van der Waals surface area contributed by atoms with Crippen LogP contribution in [0.4, 0.5) is 4.79 Å². The molecule has 0 saturated carbocycles. The van der Waals surface area contributed by atoms with Gasteiger partial charge in [0.2, 0.25) is 0 Å². The molecule has 5 heteroatoms. The van der Waals surface area contributed by atoms with Gasteiger partial charge in [0.05, 0.1) is 0 Å². The maximum atomic E-state index is 12.2. The van der Waals surface area contributed by atoms with Gasteiger partial charge in [-0.2, -0.15) is 0 Å². The summed E-state index contributed by atoms with van der Waals surface area (Å²) < 4.78 is 0. The zero-order chi connectivity index (χ0) is 13.9. The van der Waals surface area contributed by atoms with Crippen molar-refractivity contribution in [3.63, 3.8) is 0 Å². The summed E-state index contributed by atoms with van der Waals surface area (Å²) in [6.07, 6.45) is 2.47. The number of nitrogens with one attached hydrogen (secondary N) is 1. The lowest BCUT2D eigenvalue weighted by Crippen LogP contribution is -2.59. The van der Waals surface area contributed by atoms with Crippen LogP contribution in [0.15, 0.2) is 0 Å². The lowest BCUT2D eigenvalue weighted by molar-refractivity contribution is -0.143. The molecule has 1 saturated heterocycles. The highest BCUT2D eigenvalue weighted by atomic mass is 16.4. The van der Waals surface area contributed by atoms with E-state index in [1.165, 1.54) is 0 Å². The van der Waals surface area contributed by atoms with E-state index in [1.807, 2.05) is 6.92 Å². The molecule has 2 N–H and O–H groups in total. The van der Waals surface area contributed by atoms with E-state index in [0.717, 1.165) is 12.8 Å². The average molecular weight is 256 g/mol. The second-order valence-corrected chi connectivity index (χ2v) is 5.47. The summed E-state index contributed by atoms with van der Waals surface area (Å²) in [5.74, 6) is -0.529. The SMILES string of the molecule is CCC(C)(NC(=O)N1CCCC(C)C1C)C(=O)O. The molecule has 104 valence electrons. The highest BCUT2D eigenvalue weighted by Crippen LogP contribution is 2.23. The van der Waals surface area contributed by atoms with Crippen LogP contribution >= 0.6 is 0 Å². The van der Waals surface area contributed by atoms with Gasteiger partial charge in [-0.15, -0.1) is 0 Å². The first-order valence-corrected chi connectivity index (χ1v) is 6.64. The normalized spacial score (nSPS) is 27.4. The van der Waals surface area contributed by atoms with Gasteiger partial charge in [-0.05, 0) is 39.0 Å². The third-order valence-electron chi connectivity index (χ3n) is 4.20. The molecule has 0 aromatic carbocycles. The lowest BCUT2D eigenvalue weighted by Gasteiger charge is -2.39. The lowest BCUT2D eigenvalue weighted by atomic mass is 9.92. The number of carbonyl (C=O) groups is 2. The Morgan fingerprint density at radius 2 is 2.06 bits per heavy atom. The van der Waals surface area contributed by atoms with E-state index in [1.54, 1.807) is 18.7 Å². The number of carbonyl (C=O) groups excluding carboxylic acids is 1. The van der Waals surface area contributed by atoms with Crippen LogP contribution in [-0.4, -0.2) is 40.1 Å². The molecular weight excluding hydrogens is 232 g/mol. The van der Waals surface area contributed by atoms with E-state index in [2.05, 4.69) is 12.2 Å². The smallest absolute Gasteiger partial charge is 0.329 e. The molecule has 1 aliphatic rings. The van der Waals surface area contributed by atoms with Gasteiger partial charge in [-0.3, -0.25) is 0 Å². The standard InChI is InChI=1S/C13H24N2O3/c1-5-13(4,11(16)17)14-12(18)15-8-6-7-9(2)10(15)3/h9-10H,5-8H2,1-4H3,(H,14,18)(H,16,17). The fraction of sp³-hybridized carbons (Fsp3) is 0.846. The molecule has 1 fully saturated rings. The van der Waals surface area contributed by atoms with Crippen molar-refractivity contribution < 1.29 is 14.7 Å². The Bertz CT molecular complexity index is 332. The molecule has 1 rings (SSSR count). The summed E-state index contributed by atoms with van der Waals surface area (Å²) in [4.78, 5) is 25.1. The van der Waals surface area contributed by atoms with Gasteiger partial charge >= 0.3 is 12.0 Å². The Balaban J connectivity index is 2.72. The van der Waals surface area contributed by atoms with Gasteiger partial charge in [0, 0.05) is 12.6 Å². The molecule has 0 aromatic heterocycles. The number of carboxylic acid groups (broad SMARTS) is 1. The predicted octanol–water partition coefficient (Wildman–Crippen LogP) is 2.07. The van der Waals surface area contributed by atoms with Crippen LogP contribution in [0.2, 0.25) is 0 Å². The fourth-order valence-corrected chi connectivity index (χ4v) is 2.22. The molecule has 0 aromatic rings. The maximum absolute atomic E-state index is 12.2. The molecule has 18 heavy (non-hydrogen) atoms. The number of piperidine rings is 1. The first kappa shape index (κ1) is 14.8. The number of likely N-dealkylation sites (tertiary alicyclic amines) is 1. The largest absolute Gasteiger partial charge is 0.480 e. The monoisotopic (exact) mass is 256 g/mol. The van der Waals surface area contributed by atoms with Crippen LogP contribution in [0.3, 0.4) is 0 Å². The van der Waals surface area contributed by atoms with E-state index in [-0.39, 0.29) is 12.1 Å². The molecule has 0 aliphatic carbocycles. The van der Waals surface area contributed by atoms with E-state index in [9.17, 15) is 9.59 Å². The Morgan fingerprint density at radius 3 is 2.56 bits per heavy atom. The van der Waals surface area contributed by atoms with Crippen molar-refractivity contribution in [3.8, 4) is 0 Å². The first-order chi connectivity index (χ1) is 8.31. The Kier molecular flexibility index (Phi) is 4.59. The minimum atomic E-state index is -1.18. The number of rotatable bonds is 3. The molecular formula is C13H24N2O3. The number of carboxylic acids is 1. The second-order valence-electron chi connectivity index (χ2n) is 5.47. The van der Waals surface area contributed by atoms with Crippen LogP contribution < -0.4 is 5.32 Å².